The van der Waals surface area contributed by atoms with Crippen LogP contribution in [0.5, 0.6) is 0 Å². The maximum absolute atomic E-state index is 13.9. The molecule has 5 rings (SSSR count). The summed E-state index contributed by atoms with van der Waals surface area (Å²) >= 11 is 6.13. The van der Waals surface area contributed by atoms with Gasteiger partial charge in [0.2, 0.25) is 0 Å². The lowest BCUT2D eigenvalue weighted by molar-refractivity contribution is -0.142. The maximum Gasteiger partial charge on any atom is 0.326 e. The molecular weight excluding hydrogens is 498 g/mol. The number of amides is 1. The van der Waals surface area contributed by atoms with Crippen molar-refractivity contribution >= 4 is 34.4 Å². The monoisotopic (exact) mass is 523 g/mol. The zero-order valence-electron chi connectivity index (χ0n) is 20.8. The van der Waals surface area contributed by atoms with Crippen LogP contribution in [0.3, 0.4) is 0 Å². The van der Waals surface area contributed by atoms with E-state index in [0.717, 1.165) is 27.7 Å². The lowest BCUT2D eigenvalue weighted by Crippen LogP contribution is -2.46. The molecule has 1 heterocycles. The van der Waals surface area contributed by atoms with Gasteiger partial charge >= 0.3 is 5.97 Å². The van der Waals surface area contributed by atoms with E-state index in [9.17, 15) is 14.7 Å². The lowest BCUT2D eigenvalue weighted by Gasteiger charge is -2.30. The van der Waals surface area contributed by atoms with Gasteiger partial charge in [-0.3, -0.25) is 4.79 Å². The van der Waals surface area contributed by atoms with Crippen LogP contribution in [-0.4, -0.2) is 27.9 Å². The van der Waals surface area contributed by atoms with E-state index in [1.165, 1.54) is 4.90 Å². The highest BCUT2D eigenvalue weighted by molar-refractivity contribution is 6.30. The van der Waals surface area contributed by atoms with Crippen molar-refractivity contribution in [3.63, 3.8) is 0 Å². The van der Waals surface area contributed by atoms with E-state index in [1.807, 2.05) is 84.9 Å². The minimum Gasteiger partial charge on any atom is -0.480 e. The van der Waals surface area contributed by atoms with Gasteiger partial charge in [0.05, 0.1) is 0 Å². The van der Waals surface area contributed by atoms with Gasteiger partial charge in [0.15, 0.2) is 0 Å². The Balaban J connectivity index is 1.53. The molecule has 0 saturated carbocycles. The standard InChI is InChI=1S/C32H26ClNO4/c1-21-16-26(33)14-15-27(21)31(35)34(28(32(36)37)18-22-8-3-2-4-9-22)20-23-10-7-12-24(17-23)30-19-25-11-5-6-13-29(25)38-30/h2-17,19,28H,18,20H2,1H3,(H,36,37)/t28-/m0/s1. The number of aryl methyl sites for hydroxylation is 1. The van der Waals surface area contributed by atoms with Crippen LogP contribution in [0, 0.1) is 6.92 Å². The number of hydrogen-bond acceptors (Lipinski definition) is 3. The molecule has 0 saturated heterocycles. The van der Waals surface area contributed by atoms with Crippen LogP contribution in [-0.2, 0) is 17.8 Å². The van der Waals surface area contributed by atoms with Crippen molar-refractivity contribution in [2.75, 3.05) is 0 Å². The summed E-state index contributed by atoms with van der Waals surface area (Å²) in [6.07, 6.45) is 0.178. The van der Waals surface area contributed by atoms with E-state index in [2.05, 4.69) is 0 Å². The Morgan fingerprint density at radius 2 is 1.61 bits per heavy atom. The number of halogens is 1. The van der Waals surface area contributed by atoms with E-state index in [0.29, 0.717) is 21.9 Å². The van der Waals surface area contributed by atoms with Gasteiger partial charge in [0.1, 0.15) is 17.4 Å². The predicted molar refractivity (Wildman–Crippen MR) is 149 cm³/mol. The van der Waals surface area contributed by atoms with Crippen LogP contribution in [0.25, 0.3) is 22.3 Å². The van der Waals surface area contributed by atoms with Crippen molar-refractivity contribution < 1.29 is 19.1 Å². The normalized spacial score (nSPS) is 11.8. The smallest absolute Gasteiger partial charge is 0.326 e. The number of rotatable bonds is 8. The summed E-state index contributed by atoms with van der Waals surface area (Å²) in [5.41, 5.74) is 4.37. The number of carbonyl (C=O) groups excluding carboxylic acids is 1. The number of hydrogen-bond donors (Lipinski definition) is 1. The average Bonchev–Trinajstić information content (AvgIpc) is 3.35. The predicted octanol–water partition coefficient (Wildman–Crippen LogP) is 7.40. The van der Waals surface area contributed by atoms with Gasteiger partial charge in [-0.1, -0.05) is 78.3 Å². The quantitative estimate of drug-likeness (QED) is 0.230. The first kappa shape index (κ1) is 25.3. The van der Waals surface area contributed by atoms with E-state index in [4.69, 9.17) is 16.0 Å². The van der Waals surface area contributed by atoms with Crippen molar-refractivity contribution in [1.29, 1.82) is 0 Å². The molecule has 0 aliphatic heterocycles. The van der Waals surface area contributed by atoms with E-state index in [-0.39, 0.29) is 18.9 Å². The lowest BCUT2D eigenvalue weighted by atomic mass is 10.0. The molecule has 0 bridgehead atoms. The highest BCUT2D eigenvalue weighted by atomic mass is 35.5. The van der Waals surface area contributed by atoms with Crippen molar-refractivity contribution in [2.45, 2.75) is 25.9 Å². The molecule has 5 nitrogen and oxygen atoms in total. The fourth-order valence-electron chi connectivity index (χ4n) is 4.66. The Bertz CT molecular complexity index is 1580. The molecule has 1 N–H and O–H groups in total. The number of carbonyl (C=O) groups is 2. The summed E-state index contributed by atoms with van der Waals surface area (Å²) < 4.78 is 6.04. The molecule has 38 heavy (non-hydrogen) atoms. The van der Waals surface area contributed by atoms with Gasteiger partial charge in [-0.25, -0.2) is 4.79 Å². The molecule has 0 radical (unpaired) electrons. The van der Waals surface area contributed by atoms with E-state index >= 15 is 0 Å². The average molecular weight is 524 g/mol. The second-order valence-corrected chi connectivity index (χ2v) is 9.72. The molecule has 4 aromatic carbocycles. The van der Waals surface area contributed by atoms with Gasteiger partial charge in [-0.05, 0) is 60.0 Å². The molecule has 1 atom stereocenters. The summed E-state index contributed by atoms with van der Waals surface area (Å²) in [6.45, 7) is 1.91. The van der Waals surface area contributed by atoms with E-state index in [1.54, 1.807) is 25.1 Å². The number of furan rings is 1. The van der Waals surface area contributed by atoms with Crippen LogP contribution in [0.15, 0.2) is 108 Å². The first-order valence-electron chi connectivity index (χ1n) is 12.3. The fourth-order valence-corrected chi connectivity index (χ4v) is 4.88. The second-order valence-electron chi connectivity index (χ2n) is 9.28. The Morgan fingerprint density at radius 3 is 2.34 bits per heavy atom. The van der Waals surface area contributed by atoms with Crippen molar-refractivity contribution in [1.82, 2.24) is 4.90 Å². The highest BCUT2D eigenvalue weighted by Gasteiger charge is 2.31. The Hall–Kier alpha value is -4.35. The summed E-state index contributed by atoms with van der Waals surface area (Å²) in [5, 5.41) is 11.8. The molecule has 1 amide bonds. The van der Waals surface area contributed by atoms with Crippen LogP contribution in [0.4, 0.5) is 0 Å². The first-order chi connectivity index (χ1) is 18.4. The van der Waals surface area contributed by atoms with Gasteiger partial charge in [0.25, 0.3) is 5.91 Å². The topological polar surface area (TPSA) is 70.8 Å². The number of benzene rings is 4. The Kier molecular flexibility index (Phi) is 7.29. The summed E-state index contributed by atoms with van der Waals surface area (Å²) in [4.78, 5) is 27.9. The highest BCUT2D eigenvalue weighted by Crippen LogP contribution is 2.29. The summed E-state index contributed by atoms with van der Waals surface area (Å²) in [7, 11) is 0. The van der Waals surface area contributed by atoms with Crippen molar-refractivity contribution in [3.8, 4) is 11.3 Å². The SMILES string of the molecule is Cc1cc(Cl)ccc1C(=O)N(Cc1cccc(-c2cc3ccccc3o2)c1)[C@@H](Cc1ccccc1)C(=O)O. The summed E-state index contributed by atoms with van der Waals surface area (Å²) in [5.74, 6) is -0.725. The first-order valence-corrected chi connectivity index (χ1v) is 12.7. The number of nitrogens with zero attached hydrogens (tertiary/aromatic N) is 1. The zero-order chi connectivity index (χ0) is 26.6. The molecule has 0 aliphatic carbocycles. The maximum atomic E-state index is 13.9. The number of carboxylic acid groups (broad SMARTS) is 1. The second kappa shape index (κ2) is 11.0. The van der Waals surface area contributed by atoms with Gasteiger partial charge < -0.3 is 14.4 Å². The third-order valence-corrected chi connectivity index (χ3v) is 6.84. The Morgan fingerprint density at radius 1 is 0.868 bits per heavy atom. The van der Waals surface area contributed by atoms with Crippen molar-refractivity contribution in [3.05, 3.63) is 130 Å². The minimum atomic E-state index is -1.07. The number of aliphatic carboxylic acids is 1. The van der Waals surface area contributed by atoms with Crippen LogP contribution in [0.1, 0.15) is 27.0 Å². The molecule has 1 aromatic heterocycles. The molecule has 0 unspecified atom stereocenters. The molecule has 0 fully saturated rings. The number of carboxylic acids is 1. The number of fused-ring (bicyclic) bond motifs is 1. The molecule has 6 heteroatoms. The zero-order valence-corrected chi connectivity index (χ0v) is 21.6. The van der Waals surface area contributed by atoms with Crippen LogP contribution in [0.2, 0.25) is 5.02 Å². The Labute approximate surface area is 225 Å². The number of para-hydroxylation sites is 1. The molecule has 0 aliphatic rings. The largest absolute Gasteiger partial charge is 0.480 e. The fraction of sp³-hybridized carbons (Fsp3) is 0.125. The van der Waals surface area contributed by atoms with Crippen molar-refractivity contribution in [2.24, 2.45) is 0 Å². The molecular formula is C32H26ClNO4. The molecule has 0 spiro atoms. The minimum absolute atomic E-state index is 0.110. The van der Waals surface area contributed by atoms with Gasteiger partial charge in [-0.2, -0.15) is 0 Å². The van der Waals surface area contributed by atoms with Crippen LogP contribution < -0.4 is 0 Å². The third kappa shape index (κ3) is 5.48. The summed E-state index contributed by atoms with van der Waals surface area (Å²) in [6, 6.07) is 30.7. The van der Waals surface area contributed by atoms with Gasteiger partial charge in [0, 0.05) is 34.5 Å². The molecule has 5 aromatic rings. The van der Waals surface area contributed by atoms with Gasteiger partial charge in [-0.15, -0.1) is 0 Å². The third-order valence-electron chi connectivity index (χ3n) is 6.60. The molecule has 190 valence electrons. The van der Waals surface area contributed by atoms with Crippen LogP contribution >= 0.6 is 11.6 Å². The van der Waals surface area contributed by atoms with E-state index < -0.39 is 12.0 Å².